The maximum Gasteiger partial charge on any atom is 0.0608 e. The predicted octanol–water partition coefficient (Wildman–Crippen LogP) is 0.674. The van der Waals surface area contributed by atoms with Crippen molar-refractivity contribution in [2.24, 2.45) is 0 Å². The molecule has 1 heterocycles. The summed E-state index contributed by atoms with van der Waals surface area (Å²) in [5.74, 6) is 7.13. The molecule has 8 heavy (non-hydrogen) atoms. The maximum atomic E-state index is 7.13. The van der Waals surface area contributed by atoms with Gasteiger partial charge in [0.25, 0.3) is 0 Å². The molecule has 1 aliphatic heterocycles. The smallest absolute Gasteiger partial charge is 0.0608 e. The van der Waals surface area contributed by atoms with Gasteiger partial charge in [-0.3, -0.25) is 0 Å². The second kappa shape index (κ2) is 2.44. The van der Waals surface area contributed by atoms with Crippen LogP contribution in [0.15, 0.2) is 0 Å². The molecule has 1 fully saturated rings. The molecule has 0 aliphatic carbocycles. The molecule has 0 radical (unpaired) electrons. The average Bonchev–Trinajstić information content (AvgIpc) is 2.12. The normalized spacial score (nSPS) is 29.6. The summed E-state index contributed by atoms with van der Waals surface area (Å²) >= 11 is 0. The lowest BCUT2D eigenvalue weighted by Gasteiger charge is -2.26. The fourth-order valence-corrected chi connectivity index (χ4v) is 0.828. The first-order chi connectivity index (χ1) is 3.80. The summed E-state index contributed by atoms with van der Waals surface area (Å²) in [4.78, 5) is 0. The molecule has 0 bridgehead atoms. The summed E-state index contributed by atoms with van der Waals surface area (Å²) in [7, 11) is 1.76. The van der Waals surface area contributed by atoms with E-state index in [1.807, 2.05) is 0 Å². The Balaban J connectivity index is 2.24. The summed E-state index contributed by atoms with van der Waals surface area (Å²) in [5, 5.41) is 1.47. The van der Waals surface area contributed by atoms with Gasteiger partial charge in [-0.15, -0.1) is 0 Å². The molecule has 1 N–H and O–H groups in total. The van der Waals surface area contributed by atoms with Gasteiger partial charge in [-0.25, -0.2) is 0 Å². The van der Waals surface area contributed by atoms with E-state index in [9.17, 15) is 0 Å². The van der Waals surface area contributed by atoms with Crippen LogP contribution in [-0.2, 0) is 4.74 Å². The molecule has 0 aromatic heterocycles. The highest BCUT2D eigenvalue weighted by Gasteiger charge is 2.13. The zero-order valence-corrected chi connectivity index (χ0v) is 5.05. The van der Waals surface area contributed by atoms with Gasteiger partial charge in [0.15, 0.2) is 0 Å². The minimum atomic E-state index is 0.343. The molecule has 0 spiro atoms. The molecule has 1 aliphatic rings. The van der Waals surface area contributed by atoms with Crippen molar-refractivity contribution >= 4 is 0 Å². The van der Waals surface area contributed by atoms with E-state index in [0.29, 0.717) is 6.04 Å². The van der Waals surface area contributed by atoms with E-state index >= 15 is 0 Å². The largest absolute Gasteiger partial charge is 0.610 e. The van der Waals surface area contributed by atoms with Crippen molar-refractivity contribution in [1.29, 1.82) is 0 Å². The first-order valence-corrected chi connectivity index (χ1v) is 2.82. The monoisotopic (exact) mass is 115 g/mol. The SMILES string of the molecule is CN([NH-])C1CCOC1. The minimum absolute atomic E-state index is 0.343. The quantitative estimate of drug-likeness (QED) is 0.471. The molecule has 0 aromatic rings. The Morgan fingerprint density at radius 1 is 1.75 bits per heavy atom. The van der Waals surface area contributed by atoms with Gasteiger partial charge in [-0.2, -0.15) is 0 Å². The Kier molecular flexibility index (Phi) is 1.83. The molecule has 3 heteroatoms. The van der Waals surface area contributed by atoms with E-state index in [0.717, 1.165) is 19.6 Å². The molecule has 0 saturated carbocycles. The van der Waals surface area contributed by atoms with Crippen LogP contribution in [0.3, 0.4) is 0 Å². The fraction of sp³-hybridized carbons (Fsp3) is 1.00. The van der Waals surface area contributed by atoms with Crippen LogP contribution in [-0.4, -0.2) is 31.3 Å². The Morgan fingerprint density at radius 3 is 2.75 bits per heavy atom. The van der Waals surface area contributed by atoms with Crippen molar-refractivity contribution in [2.45, 2.75) is 12.5 Å². The van der Waals surface area contributed by atoms with Crippen molar-refractivity contribution in [3.8, 4) is 0 Å². The van der Waals surface area contributed by atoms with Crippen molar-refractivity contribution in [2.75, 3.05) is 20.3 Å². The number of ether oxygens (including phenoxy) is 1. The third-order valence-electron chi connectivity index (χ3n) is 1.45. The molecule has 1 unspecified atom stereocenters. The zero-order chi connectivity index (χ0) is 5.98. The van der Waals surface area contributed by atoms with Gasteiger partial charge in [0.1, 0.15) is 0 Å². The third-order valence-corrected chi connectivity index (χ3v) is 1.45. The second-order valence-corrected chi connectivity index (χ2v) is 2.13. The standard InChI is InChI=1S/C5H11N2O/c1-7(6)5-2-3-8-4-5/h5-6H,2-4H2,1H3/q-1. The van der Waals surface area contributed by atoms with E-state index in [-0.39, 0.29) is 0 Å². The van der Waals surface area contributed by atoms with Gasteiger partial charge in [0.2, 0.25) is 0 Å². The first kappa shape index (κ1) is 6.01. The van der Waals surface area contributed by atoms with E-state index in [1.54, 1.807) is 7.05 Å². The van der Waals surface area contributed by atoms with Crippen molar-refractivity contribution in [1.82, 2.24) is 5.01 Å². The van der Waals surface area contributed by atoms with Gasteiger partial charge >= 0.3 is 0 Å². The molecule has 1 saturated heterocycles. The lowest BCUT2D eigenvalue weighted by atomic mass is 10.3. The van der Waals surface area contributed by atoms with Gasteiger partial charge in [-0.05, 0) is 13.5 Å². The summed E-state index contributed by atoms with van der Waals surface area (Å²) in [6.07, 6.45) is 1.01. The summed E-state index contributed by atoms with van der Waals surface area (Å²) in [6, 6.07) is 0.343. The molecule has 48 valence electrons. The van der Waals surface area contributed by atoms with E-state index in [2.05, 4.69) is 0 Å². The average molecular weight is 115 g/mol. The highest BCUT2D eigenvalue weighted by Crippen LogP contribution is 2.08. The minimum Gasteiger partial charge on any atom is -0.610 e. The van der Waals surface area contributed by atoms with E-state index < -0.39 is 0 Å². The Morgan fingerprint density at radius 2 is 2.50 bits per heavy atom. The van der Waals surface area contributed by atoms with Crippen LogP contribution in [0.4, 0.5) is 0 Å². The molecule has 0 amide bonds. The first-order valence-electron chi connectivity index (χ1n) is 2.82. The lowest BCUT2D eigenvalue weighted by Crippen LogP contribution is -2.24. The second-order valence-electron chi connectivity index (χ2n) is 2.13. The molecular formula is C5H11N2O-. The van der Waals surface area contributed by atoms with Crippen LogP contribution in [0, 0.1) is 0 Å². The van der Waals surface area contributed by atoms with Gasteiger partial charge in [-0.1, -0.05) is 0 Å². The number of likely N-dealkylation sites (N-methyl/N-ethyl adjacent to an activating group) is 1. The van der Waals surface area contributed by atoms with E-state index in [4.69, 9.17) is 10.6 Å². The van der Waals surface area contributed by atoms with Gasteiger partial charge < -0.3 is 15.6 Å². The topological polar surface area (TPSA) is 36.3 Å². The van der Waals surface area contributed by atoms with Crippen LogP contribution >= 0.6 is 0 Å². The van der Waals surface area contributed by atoms with Crippen molar-refractivity contribution < 1.29 is 4.74 Å². The van der Waals surface area contributed by atoms with Crippen LogP contribution < -0.4 is 0 Å². The Bertz CT molecular complexity index is 68.8. The van der Waals surface area contributed by atoms with Crippen LogP contribution in [0.1, 0.15) is 6.42 Å². The number of hydrogen-bond donors (Lipinski definition) is 0. The summed E-state index contributed by atoms with van der Waals surface area (Å²) < 4.78 is 5.06. The molecular weight excluding hydrogens is 104 g/mol. The van der Waals surface area contributed by atoms with Crippen LogP contribution in [0.25, 0.3) is 5.84 Å². The number of hydrogen-bond acceptors (Lipinski definition) is 2. The molecule has 0 aromatic carbocycles. The van der Waals surface area contributed by atoms with Crippen LogP contribution in [0.5, 0.6) is 0 Å². The molecule has 1 rings (SSSR count). The van der Waals surface area contributed by atoms with E-state index in [1.165, 1.54) is 5.01 Å². The van der Waals surface area contributed by atoms with Gasteiger partial charge in [0, 0.05) is 12.6 Å². The highest BCUT2D eigenvalue weighted by atomic mass is 16.5. The maximum absolute atomic E-state index is 7.13. The Labute approximate surface area is 49.4 Å². The summed E-state index contributed by atoms with van der Waals surface area (Å²) in [5.41, 5.74) is 0. The predicted molar refractivity (Wildman–Crippen MR) is 31.3 cm³/mol. The number of rotatable bonds is 1. The number of nitrogens with one attached hydrogen (secondary N) is 1. The highest BCUT2D eigenvalue weighted by molar-refractivity contribution is 4.72. The lowest BCUT2D eigenvalue weighted by molar-refractivity contribution is 0.175. The Hall–Kier alpha value is -0.120. The zero-order valence-electron chi connectivity index (χ0n) is 5.05. The molecule has 1 atom stereocenters. The number of nitrogens with zero attached hydrogens (tertiary/aromatic N) is 1. The summed E-state index contributed by atoms with van der Waals surface area (Å²) in [6.45, 7) is 1.56. The van der Waals surface area contributed by atoms with Crippen molar-refractivity contribution in [3.63, 3.8) is 0 Å². The van der Waals surface area contributed by atoms with Crippen molar-refractivity contribution in [3.05, 3.63) is 5.84 Å². The van der Waals surface area contributed by atoms with Gasteiger partial charge in [0.05, 0.1) is 6.61 Å². The fourth-order valence-electron chi connectivity index (χ4n) is 0.828. The van der Waals surface area contributed by atoms with Crippen LogP contribution in [0.2, 0.25) is 0 Å². The molecule has 3 nitrogen and oxygen atoms in total. The third kappa shape index (κ3) is 1.18.